The molecule has 7 nitrogen and oxygen atoms in total. The molecule has 0 aliphatic carbocycles. The number of amides is 2. The van der Waals surface area contributed by atoms with Crippen molar-refractivity contribution < 1.29 is 23.5 Å². The second-order valence-electron chi connectivity index (χ2n) is 6.35. The molecule has 7 heteroatoms. The number of piperidine rings is 1. The summed E-state index contributed by atoms with van der Waals surface area (Å²) in [7, 11) is 1.55. The lowest BCUT2D eigenvalue weighted by molar-refractivity contribution is 0.0697. The van der Waals surface area contributed by atoms with E-state index in [0.717, 1.165) is 0 Å². The Labute approximate surface area is 158 Å². The van der Waals surface area contributed by atoms with Gasteiger partial charge < -0.3 is 24.1 Å². The Morgan fingerprint density at radius 3 is 2.59 bits per heavy atom. The second-order valence-corrected chi connectivity index (χ2v) is 6.35. The zero-order chi connectivity index (χ0) is 19.2. The van der Waals surface area contributed by atoms with Gasteiger partial charge in [0, 0.05) is 24.7 Å². The van der Waals surface area contributed by atoms with E-state index in [0.29, 0.717) is 55.2 Å². The third-order valence-electron chi connectivity index (χ3n) is 4.61. The minimum atomic E-state index is -0.157. The Bertz CT molecular complexity index is 780. The van der Waals surface area contributed by atoms with Gasteiger partial charge in [0.15, 0.2) is 11.5 Å². The first kappa shape index (κ1) is 18.8. The summed E-state index contributed by atoms with van der Waals surface area (Å²) < 4.78 is 15.7. The lowest BCUT2D eigenvalue weighted by atomic mass is 10.0. The number of nitrogens with one attached hydrogen (secondary N) is 1. The van der Waals surface area contributed by atoms with E-state index in [1.165, 1.54) is 12.5 Å². The molecule has 0 radical (unpaired) electrons. The molecule has 1 fully saturated rings. The van der Waals surface area contributed by atoms with Gasteiger partial charge in [-0.05, 0) is 44.0 Å². The van der Waals surface area contributed by atoms with E-state index in [4.69, 9.17) is 13.9 Å². The van der Waals surface area contributed by atoms with Crippen molar-refractivity contribution in [1.29, 1.82) is 0 Å². The molecule has 2 amide bonds. The quantitative estimate of drug-likeness (QED) is 0.843. The lowest BCUT2D eigenvalue weighted by Crippen LogP contribution is -2.46. The number of carbonyl (C=O) groups is 2. The monoisotopic (exact) mass is 372 g/mol. The third kappa shape index (κ3) is 4.42. The SMILES string of the molecule is CCOc1ccc(C(=O)NC2CCN(C(=O)c3ccoc3)CC2)cc1OC. The Morgan fingerprint density at radius 1 is 1.19 bits per heavy atom. The summed E-state index contributed by atoms with van der Waals surface area (Å²) in [6, 6.07) is 6.83. The minimum absolute atomic E-state index is 0.0310. The standard InChI is InChI=1S/C20H24N2O5/c1-3-27-17-5-4-14(12-18(17)25-2)19(23)21-16-6-9-22(10-7-16)20(24)15-8-11-26-13-15/h4-5,8,11-13,16H,3,6-7,9-10H2,1-2H3,(H,21,23). The Morgan fingerprint density at radius 2 is 1.96 bits per heavy atom. The second kappa shape index (κ2) is 8.62. The van der Waals surface area contributed by atoms with Gasteiger partial charge in [-0.3, -0.25) is 9.59 Å². The number of hydrogen-bond donors (Lipinski definition) is 1. The number of nitrogens with zero attached hydrogens (tertiary/aromatic N) is 1. The van der Waals surface area contributed by atoms with E-state index in [1.54, 1.807) is 36.3 Å². The van der Waals surface area contributed by atoms with Crippen LogP contribution in [0.5, 0.6) is 11.5 Å². The Hall–Kier alpha value is -2.96. The van der Waals surface area contributed by atoms with Gasteiger partial charge in [-0.25, -0.2) is 0 Å². The molecule has 0 bridgehead atoms. The van der Waals surface area contributed by atoms with Crippen molar-refractivity contribution in [2.75, 3.05) is 26.8 Å². The number of ether oxygens (including phenoxy) is 2. The van der Waals surface area contributed by atoms with Gasteiger partial charge in [-0.2, -0.15) is 0 Å². The summed E-state index contributed by atoms with van der Waals surface area (Å²) in [4.78, 5) is 26.7. The summed E-state index contributed by atoms with van der Waals surface area (Å²) >= 11 is 0. The fraction of sp³-hybridized carbons (Fsp3) is 0.400. The van der Waals surface area contributed by atoms with Crippen LogP contribution in [0.25, 0.3) is 0 Å². The molecule has 1 aromatic carbocycles. The predicted octanol–water partition coefficient (Wildman–Crippen LogP) is 2.72. The number of methoxy groups -OCH3 is 1. The lowest BCUT2D eigenvalue weighted by Gasteiger charge is -2.32. The van der Waals surface area contributed by atoms with Gasteiger partial charge >= 0.3 is 0 Å². The van der Waals surface area contributed by atoms with Crippen LogP contribution in [0.1, 0.15) is 40.5 Å². The number of likely N-dealkylation sites (tertiary alicyclic amines) is 1. The highest BCUT2D eigenvalue weighted by atomic mass is 16.5. The van der Waals surface area contributed by atoms with Crippen LogP contribution < -0.4 is 14.8 Å². The van der Waals surface area contributed by atoms with E-state index >= 15 is 0 Å². The minimum Gasteiger partial charge on any atom is -0.493 e. The summed E-state index contributed by atoms with van der Waals surface area (Å²) in [5, 5.41) is 3.04. The number of rotatable bonds is 6. The maximum Gasteiger partial charge on any atom is 0.257 e. The van der Waals surface area contributed by atoms with Crippen molar-refractivity contribution >= 4 is 11.8 Å². The van der Waals surface area contributed by atoms with Gasteiger partial charge in [0.2, 0.25) is 0 Å². The molecule has 27 heavy (non-hydrogen) atoms. The van der Waals surface area contributed by atoms with E-state index in [2.05, 4.69) is 5.32 Å². The van der Waals surface area contributed by atoms with Gasteiger partial charge in [0.05, 0.1) is 25.5 Å². The zero-order valence-corrected chi connectivity index (χ0v) is 15.6. The van der Waals surface area contributed by atoms with E-state index in [-0.39, 0.29) is 17.9 Å². The smallest absolute Gasteiger partial charge is 0.257 e. The van der Waals surface area contributed by atoms with Crippen molar-refractivity contribution in [3.05, 3.63) is 47.9 Å². The molecule has 2 aromatic rings. The average molecular weight is 372 g/mol. The van der Waals surface area contributed by atoms with Crippen molar-refractivity contribution in [3.63, 3.8) is 0 Å². The fourth-order valence-electron chi connectivity index (χ4n) is 3.15. The van der Waals surface area contributed by atoms with Crippen LogP contribution in [0.15, 0.2) is 41.2 Å². The maximum atomic E-state index is 12.6. The van der Waals surface area contributed by atoms with E-state index in [1.807, 2.05) is 6.92 Å². The topological polar surface area (TPSA) is 81.0 Å². The predicted molar refractivity (Wildman–Crippen MR) is 99.3 cm³/mol. The van der Waals surface area contributed by atoms with Crippen molar-refractivity contribution in [1.82, 2.24) is 10.2 Å². The molecule has 3 rings (SSSR count). The van der Waals surface area contributed by atoms with Crippen LogP contribution >= 0.6 is 0 Å². The highest BCUT2D eigenvalue weighted by Gasteiger charge is 2.25. The first-order valence-corrected chi connectivity index (χ1v) is 9.05. The highest BCUT2D eigenvalue weighted by molar-refractivity contribution is 5.95. The average Bonchev–Trinajstić information content (AvgIpc) is 3.23. The van der Waals surface area contributed by atoms with Crippen molar-refractivity contribution in [2.24, 2.45) is 0 Å². The van der Waals surface area contributed by atoms with Gasteiger partial charge in [0.1, 0.15) is 6.26 Å². The molecule has 0 atom stereocenters. The molecule has 0 spiro atoms. The molecule has 144 valence electrons. The molecule has 1 N–H and O–H groups in total. The van der Waals surface area contributed by atoms with Crippen molar-refractivity contribution in [3.8, 4) is 11.5 Å². The van der Waals surface area contributed by atoms with Gasteiger partial charge in [-0.15, -0.1) is 0 Å². The first-order chi connectivity index (χ1) is 13.1. The van der Waals surface area contributed by atoms with Crippen LogP contribution in [0.3, 0.4) is 0 Å². The molecular formula is C20H24N2O5. The molecule has 1 saturated heterocycles. The fourth-order valence-corrected chi connectivity index (χ4v) is 3.15. The van der Waals surface area contributed by atoms with Crippen LogP contribution in [-0.4, -0.2) is 49.6 Å². The molecule has 0 saturated carbocycles. The Balaban J connectivity index is 1.56. The largest absolute Gasteiger partial charge is 0.493 e. The number of carbonyl (C=O) groups excluding carboxylic acids is 2. The van der Waals surface area contributed by atoms with Crippen LogP contribution in [0, 0.1) is 0 Å². The first-order valence-electron chi connectivity index (χ1n) is 9.05. The third-order valence-corrected chi connectivity index (χ3v) is 4.61. The molecular weight excluding hydrogens is 348 g/mol. The maximum absolute atomic E-state index is 12.6. The van der Waals surface area contributed by atoms with Crippen LogP contribution in [0.4, 0.5) is 0 Å². The summed E-state index contributed by atoms with van der Waals surface area (Å²) in [6.45, 7) is 3.62. The number of furan rings is 1. The van der Waals surface area contributed by atoms with Gasteiger partial charge in [-0.1, -0.05) is 0 Å². The summed E-state index contributed by atoms with van der Waals surface area (Å²) in [6.07, 6.45) is 4.37. The normalized spacial score (nSPS) is 14.7. The number of benzene rings is 1. The molecule has 1 aromatic heterocycles. The molecule has 2 heterocycles. The number of hydrogen-bond acceptors (Lipinski definition) is 5. The zero-order valence-electron chi connectivity index (χ0n) is 15.6. The molecule has 1 aliphatic rings. The highest BCUT2D eigenvalue weighted by Crippen LogP contribution is 2.28. The van der Waals surface area contributed by atoms with Crippen molar-refractivity contribution in [2.45, 2.75) is 25.8 Å². The summed E-state index contributed by atoms with van der Waals surface area (Å²) in [5.74, 6) is 0.952. The van der Waals surface area contributed by atoms with Crippen LogP contribution in [-0.2, 0) is 0 Å². The molecule has 1 aliphatic heterocycles. The van der Waals surface area contributed by atoms with E-state index < -0.39 is 0 Å². The van der Waals surface area contributed by atoms with Crippen LogP contribution in [0.2, 0.25) is 0 Å². The molecule has 0 unspecified atom stereocenters. The summed E-state index contributed by atoms with van der Waals surface area (Å²) in [5.41, 5.74) is 1.08. The van der Waals surface area contributed by atoms with E-state index in [9.17, 15) is 9.59 Å². The van der Waals surface area contributed by atoms with Gasteiger partial charge in [0.25, 0.3) is 11.8 Å². The Kier molecular flexibility index (Phi) is 6.01.